The highest BCUT2D eigenvalue weighted by molar-refractivity contribution is 4.96. The van der Waals surface area contributed by atoms with Crippen molar-refractivity contribution in [3.05, 3.63) is 0 Å². The third kappa shape index (κ3) is 5.37. The van der Waals surface area contributed by atoms with Crippen molar-refractivity contribution < 1.29 is 79.9 Å². The number of rotatable bonds is 7. The Morgan fingerprint density at radius 1 is 0.441 bits per heavy atom. The van der Waals surface area contributed by atoms with Gasteiger partial charge in [-0.15, -0.1) is 0 Å². The van der Waals surface area contributed by atoms with Gasteiger partial charge in [-0.05, 0) is 0 Å². The predicted octanol–water partition coefficient (Wildman–Crippen LogP) is -7.57. The van der Waals surface area contributed by atoms with Crippen molar-refractivity contribution in [3.63, 3.8) is 0 Å². The summed E-state index contributed by atoms with van der Waals surface area (Å²) in [6, 6.07) is 0. The molecule has 0 radical (unpaired) electrons. The maximum absolute atomic E-state index is 10.8. The number of ether oxygens (including phenoxy) is 5. The lowest BCUT2D eigenvalue weighted by Gasteiger charge is -2.47. The van der Waals surface area contributed by atoms with E-state index >= 15 is 0 Å². The first-order valence-corrected chi connectivity index (χ1v) is 10.6. The minimum atomic E-state index is -1.90. The van der Waals surface area contributed by atoms with Gasteiger partial charge in [-0.25, -0.2) is 0 Å². The zero-order chi connectivity index (χ0) is 25.3. The van der Waals surface area contributed by atoms with E-state index in [1.165, 1.54) is 0 Å². The summed E-state index contributed by atoms with van der Waals surface area (Å²) >= 11 is 0. The van der Waals surface area contributed by atoms with E-state index in [0.29, 0.717) is 0 Å². The summed E-state index contributed by atoms with van der Waals surface area (Å²) < 4.78 is 26.4. The number of hydrogen-bond donors (Lipinski definition) is 11. The van der Waals surface area contributed by atoms with E-state index in [-0.39, 0.29) is 0 Å². The van der Waals surface area contributed by atoms with Crippen LogP contribution in [-0.2, 0) is 23.7 Å². The molecule has 3 saturated heterocycles. The molecule has 0 aromatic heterocycles. The lowest BCUT2D eigenvalue weighted by molar-refractivity contribution is -0.378. The molecule has 0 spiro atoms. The summed E-state index contributed by atoms with van der Waals surface area (Å²) in [6.07, 6.45) is -25.4. The van der Waals surface area contributed by atoms with Crippen LogP contribution < -0.4 is 0 Å². The third-order valence-corrected chi connectivity index (χ3v) is 6.09. The predicted molar refractivity (Wildman–Crippen MR) is 101 cm³/mol. The smallest absolute Gasteiger partial charge is 0.187 e. The lowest BCUT2D eigenvalue weighted by atomic mass is 9.96. The fourth-order valence-corrected chi connectivity index (χ4v) is 4.05. The first-order chi connectivity index (χ1) is 16.0. The Labute approximate surface area is 192 Å². The van der Waals surface area contributed by atoms with Crippen molar-refractivity contribution in [1.29, 1.82) is 0 Å². The van der Waals surface area contributed by atoms with E-state index < -0.39 is 112 Å². The van der Waals surface area contributed by atoms with Gasteiger partial charge in [0.15, 0.2) is 18.9 Å². The molecule has 200 valence electrons. The molecule has 0 saturated carbocycles. The minimum absolute atomic E-state index is 0.759. The molecule has 16 heteroatoms. The van der Waals surface area contributed by atoms with E-state index in [4.69, 9.17) is 23.7 Å². The van der Waals surface area contributed by atoms with Crippen LogP contribution >= 0.6 is 0 Å². The fourth-order valence-electron chi connectivity index (χ4n) is 4.05. The Morgan fingerprint density at radius 3 is 1.50 bits per heavy atom. The molecule has 3 heterocycles. The van der Waals surface area contributed by atoms with E-state index in [1.54, 1.807) is 0 Å². The molecule has 3 fully saturated rings. The zero-order valence-corrected chi connectivity index (χ0v) is 17.7. The zero-order valence-electron chi connectivity index (χ0n) is 17.7. The van der Waals surface area contributed by atoms with Crippen molar-refractivity contribution in [2.24, 2.45) is 0 Å². The molecule has 0 bridgehead atoms. The van der Waals surface area contributed by atoms with Gasteiger partial charge in [-0.3, -0.25) is 0 Å². The van der Waals surface area contributed by atoms with Crippen LogP contribution in [0.25, 0.3) is 0 Å². The summed E-state index contributed by atoms with van der Waals surface area (Å²) in [7, 11) is 0. The fraction of sp³-hybridized carbons (Fsp3) is 1.00. The van der Waals surface area contributed by atoms with E-state index in [2.05, 4.69) is 0 Å². The van der Waals surface area contributed by atoms with Crippen LogP contribution in [0.2, 0.25) is 0 Å². The molecule has 0 aromatic carbocycles. The summed E-state index contributed by atoms with van der Waals surface area (Å²) in [5, 5.41) is 109. The molecule has 15 atom stereocenters. The minimum Gasteiger partial charge on any atom is -0.394 e. The monoisotopic (exact) mass is 504 g/mol. The highest BCUT2D eigenvalue weighted by Gasteiger charge is 2.53. The Bertz CT molecular complexity index is 637. The first kappa shape index (κ1) is 27.9. The molecular formula is C18H32O16. The maximum atomic E-state index is 10.8. The summed E-state index contributed by atoms with van der Waals surface area (Å²) in [6.45, 7) is -2.34. The largest absolute Gasteiger partial charge is 0.394 e. The van der Waals surface area contributed by atoms with Gasteiger partial charge >= 0.3 is 0 Å². The van der Waals surface area contributed by atoms with Crippen molar-refractivity contribution in [3.8, 4) is 0 Å². The molecular weight excluding hydrogens is 472 g/mol. The molecule has 0 amide bonds. The highest BCUT2D eigenvalue weighted by atomic mass is 16.7. The average Bonchev–Trinajstić information content (AvgIpc) is 2.83. The molecule has 3 aliphatic rings. The SMILES string of the molecule is OCC1OC(OC2C(CO)OC(O)C(O)C2O)C(O)C(O[C@H]2OC(CO)C(O)C(O)[C@@H]2O)C1O. The van der Waals surface area contributed by atoms with Gasteiger partial charge in [0.2, 0.25) is 0 Å². The maximum Gasteiger partial charge on any atom is 0.187 e. The second kappa shape index (κ2) is 11.6. The van der Waals surface area contributed by atoms with Gasteiger partial charge in [-0.1, -0.05) is 0 Å². The van der Waals surface area contributed by atoms with Crippen LogP contribution in [0, 0.1) is 0 Å². The van der Waals surface area contributed by atoms with Crippen molar-refractivity contribution in [2.45, 2.75) is 92.1 Å². The molecule has 11 N–H and O–H groups in total. The third-order valence-electron chi connectivity index (χ3n) is 6.09. The molecule has 34 heavy (non-hydrogen) atoms. The topological polar surface area (TPSA) is 269 Å². The number of aliphatic hydroxyl groups is 11. The van der Waals surface area contributed by atoms with Crippen LogP contribution in [0.4, 0.5) is 0 Å². The number of aliphatic hydroxyl groups excluding tert-OH is 11. The molecule has 0 aromatic rings. The van der Waals surface area contributed by atoms with E-state index in [1.807, 2.05) is 0 Å². The second-order valence-electron chi connectivity index (χ2n) is 8.33. The van der Waals surface area contributed by atoms with Gasteiger partial charge in [0.05, 0.1) is 19.8 Å². The van der Waals surface area contributed by atoms with Gasteiger partial charge in [0, 0.05) is 0 Å². The van der Waals surface area contributed by atoms with Crippen LogP contribution in [0.3, 0.4) is 0 Å². The standard InChI is InChI=1S/C18H32O16/c19-1-4-7(22)9(24)12(27)17(31-4)34-15-8(23)5(2-20)32-18(13(15)28)33-14-6(3-21)30-16(29)11(26)10(14)25/h4-29H,1-3H2/t4?,5?,6?,7?,8?,9?,10?,11?,12-,13?,14?,15?,16?,17+,18?/m0/s1. The normalized spacial score (nSPS) is 52.5. The van der Waals surface area contributed by atoms with Gasteiger partial charge < -0.3 is 79.9 Å². The second-order valence-corrected chi connectivity index (χ2v) is 8.33. The Hall–Kier alpha value is -0.640. The quantitative estimate of drug-likeness (QED) is 0.154. The number of hydrogen-bond acceptors (Lipinski definition) is 16. The highest BCUT2D eigenvalue weighted by Crippen LogP contribution is 2.32. The molecule has 3 rings (SSSR count). The molecule has 3 aliphatic heterocycles. The van der Waals surface area contributed by atoms with E-state index in [9.17, 15) is 56.2 Å². The van der Waals surface area contributed by atoms with Crippen LogP contribution in [0.5, 0.6) is 0 Å². The molecule has 13 unspecified atom stereocenters. The Kier molecular flexibility index (Phi) is 9.54. The Balaban J connectivity index is 1.78. The van der Waals surface area contributed by atoms with Crippen molar-refractivity contribution in [1.82, 2.24) is 0 Å². The van der Waals surface area contributed by atoms with Crippen LogP contribution in [0.1, 0.15) is 0 Å². The molecule has 16 nitrogen and oxygen atoms in total. The lowest BCUT2D eigenvalue weighted by Crippen LogP contribution is -2.66. The van der Waals surface area contributed by atoms with Gasteiger partial charge in [0.25, 0.3) is 0 Å². The van der Waals surface area contributed by atoms with Gasteiger partial charge in [0.1, 0.15) is 73.2 Å². The van der Waals surface area contributed by atoms with Crippen LogP contribution in [0.15, 0.2) is 0 Å². The summed E-state index contributed by atoms with van der Waals surface area (Å²) in [4.78, 5) is 0. The summed E-state index contributed by atoms with van der Waals surface area (Å²) in [5.74, 6) is 0. The Morgan fingerprint density at radius 2 is 0.941 bits per heavy atom. The first-order valence-electron chi connectivity index (χ1n) is 10.6. The summed E-state index contributed by atoms with van der Waals surface area (Å²) in [5.41, 5.74) is 0. The van der Waals surface area contributed by atoms with Crippen LogP contribution in [-0.4, -0.2) is 168 Å². The molecule has 0 aliphatic carbocycles. The van der Waals surface area contributed by atoms with E-state index in [0.717, 1.165) is 0 Å². The van der Waals surface area contributed by atoms with Crippen molar-refractivity contribution in [2.75, 3.05) is 19.8 Å². The van der Waals surface area contributed by atoms with Crippen molar-refractivity contribution >= 4 is 0 Å². The van der Waals surface area contributed by atoms with Gasteiger partial charge in [-0.2, -0.15) is 0 Å². The average molecular weight is 504 g/mol.